The van der Waals surface area contributed by atoms with Crippen molar-refractivity contribution in [3.63, 3.8) is 0 Å². The third-order valence-electron chi connectivity index (χ3n) is 11.5. The van der Waals surface area contributed by atoms with E-state index < -0.39 is 35.0 Å². The van der Waals surface area contributed by atoms with Crippen LogP contribution in [0, 0.1) is 23.7 Å². The van der Waals surface area contributed by atoms with Crippen molar-refractivity contribution in [3.05, 3.63) is 143 Å². The van der Waals surface area contributed by atoms with Crippen molar-refractivity contribution < 1.29 is 33.8 Å². The third-order valence-corrected chi connectivity index (χ3v) is 11.5. The summed E-state index contributed by atoms with van der Waals surface area (Å²) in [5.74, 6) is -4.61. The zero-order valence-corrected chi connectivity index (χ0v) is 28.8. The van der Waals surface area contributed by atoms with Crippen molar-refractivity contribution in [2.75, 3.05) is 11.5 Å². The van der Waals surface area contributed by atoms with Gasteiger partial charge in [0.25, 0.3) is 0 Å². The molecule has 1 saturated carbocycles. The monoisotopic (exact) mass is 691 g/mol. The van der Waals surface area contributed by atoms with Crippen molar-refractivity contribution in [2.45, 2.75) is 38.0 Å². The Labute approximate surface area is 301 Å². The molecule has 0 radical (unpaired) electrons. The number of aromatic hydroxyl groups is 1. The number of phenolic OH excluding ortho intramolecular Hbond substituents is 1. The topological polar surface area (TPSA) is 118 Å². The van der Waals surface area contributed by atoms with Crippen LogP contribution in [-0.4, -0.2) is 40.9 Å². The van der Waals surface area contributed by atoms with E-state index >= 15 is 9.59 Å². The van der Waals surface area contributed by atoms with Gasteiger partial charge in [0.15, 0.2) is 28.8 Å². The lowest BCUT2D eigenvalue weighted by Gasteiger charge is -2.55. The largest absolute Gasteiger partial charge is 0.504 e. The lowest BCUT2D eigenvalue weighted by Crippen LogP contribution is -2.58. The number of ketones is 3. The normalized spacial score (nSPS) is 26.6. The molecule has 260 valence electrons. The Morgan fingerprint density at radius 1 is 0.865 bits per heavy atom. The number of phenols is 1. The molecule has 8 rings (SSSR count). The molecule has 0 bridgehead atoms. The number of benzene rings is 4. The fraction of sp³-hybridized carbons (Fsp3) is 0.250. The summed E-state index contributed by atoms with van der Waals surface area (Å²) in [6, 6.07) is 30.0. The Balaban J connectivity index is 1.34. The van der Waals surface area contributed by atoms with Gasteiger partial charge in [-0.2, -0.15) is 0 Å². The van der Waals surface area contributed by atoms with Crippen LogP contribution >= 0.6 is 0 Å². The predicted octanol–water partition coefficient (Wildman–Crippen LogP) is 7.02. The van der Waals surface area contributed by atoms with Crippen LogP contribution in [0.4, 0.5) is 5.69 Å². The number of amides is 2. The number of hydrogen-bond donors (Lipinski definition) is 1. The summed E-state index contributed by atoms with van der Waals surface area (Å²) < 4.78 is 5.83. The SMILES string of the molecule is CCOc1cc(C2C3=CCC4C(=O)N(c5ccc(C(C)=O)cc5)C(=O)C4C3CC3C(=O)C(c4ccccc4)=CC(=O)C32c2ccccc2)ccc1O. The molecule has 0 aromatic heterocycles. The molecule has 3 aliphatic carbocycles. The highest BCUT2D eigenvalue weighted by molar-refractivity contribution is 6.32. The van der Waals surface area contributed by atoms with E-state index in [1.807, 2.05) is 73.7 Å². The molecule has 1 aliphatic heterocycles. The molecule has 1 N–H and O–H groups in total. The molecule has 4 aromatic rings. The highest BCUT2D eigenvalue weighted by Crippen LogP contribution is 2.64. The highest BCUT2D eigenvalue weighted by atomic mass is 16.5. The van der Waals surface area contributed by atoms with Gasteiger partial charge in [-0.3, -0.25) is 28.9 Å². The first-order valence-corrected chi connectivity index (χ1v) is 17.7. The van der Waals surface area contributed by atoms with Crippen molar-refractivity contribution in [2.24, 2.45) is 23.7 Å². The molecular weight excluding hydrogens is 654 g/mol. The maximum absolute atomic E-state index is 15.2. The van der Waals surface area contributed by atoms with E-state index in [9.17, 15) is 19.5 Å². The minimum absolute atomic E-state index is 0.0544. The van der Waals surface area contributed by atoms with Gasteiger partial charge in [-0.1, -0.05) is 78.4 Å². The van der Waals surface area contributed by atoms with E-state index in [2.05, 4.69) is 0 Å². The van der Waals surface area contributed by atoms with Gasteiger partial charge in [-0.25, -0.2) is 0 Å². The summed E-state index contributed by atoms with van der Waals surface area (Å²) in [5, 5.41) is 10.8. The molecule has 8 heteroatoms. The number of Topliss-reactive ketones (excluding diaryl/α,β-unsaturated/α-hetero) is 2. The van der Waals surface area contributed by atoms with E-state index in [0.717, 1.165) is 5.57 Å². The smallest absolute Gasteiger partial charge is 0.238 e. The van der Waals surface area contributed by atoms with Crippen molar-refractivity contribution >= 4 is 40.4 Å². The molecule has 6 unspecified atom stereocenters. The van der Waals surface area contributed by atoms with Gasteiger partial charge < -0.3 is 9.84 Å². The van der Waals surface area contributed by atoms with Crippen LogP contribution in [0.2, 0.25) is 0 Å². The van der Waals surface area contributed by atoms with E-state index in [1.165, 1.54) is 17.9 Å². The minimum Gasteiger partial charge on any atom is -0.504 e. The standard InChI is InChI=1S/C44H37NO7/c1-3-52-37-22-28(16-21-36(37)47)40-31-19-20-32-39(43(51)45(42(32)50)30-17-14-26(15-18-30)25(2)46)34(31)23-35-41(49)33(27-10-6-4-7-11-27)24-38(48)44(35,40)29-12-8-5-9-13-29/h4-19,21-22,24,32,34-35,39-40,47H,3,20,23H2,1-2H3. The number of ether oxygens (including phenoxy) is 1. The van der Waals surface area contributed by atoms with Gasteiger partial charge in [0, 0.05) is 23.0 Å². The average molecular weight is 692 g/mol. The van der Waals surface area contributed by atoms with Gasteiger partial charge in [0.1, 0.15) is 0 Å². The molecule has 4 aromatic carbocycles. The number of hydrogen-bond acceptors (Lipinski definition) is 7. The number of fused-ring (bicyclic) bond motifs is 4. The summed E-state index contributed by atoms with van der Waals surface area (Å²) in [7, 11) is 0. The zero-order valence-electron chi connectivity index (χ0n) is 28.8. The number of imide groups is 1. The van der Waals surface area contributed by atoms with Gasteiger partial charge in [0.2, 0.25) is 11.8 Å². The lowest BCUT2D eigenvalue weighted by molar-refractivity contribution is -0.135. The van der Waals surface area contributed by atoms with E-state index in [-0.39, 0.29) is 53.5 Å². The summed E-state index contributed by atoms with van der Waals surface area (Å²) in [6.07, 6.45) is 3.95. The number of carbonyl (C=O) groups is 5. The zero-order chi connectivity index (χ0) is 36.3. The molecule has 8 nitrogen and oxygen atoms in total. The lowest BCUT2D eigenvalue weighted by atomic mass is 9.44. The van der Waals surface area contributed by atoms with Gasteiger partial charge in [-0.15, -0.1) is 0 Å². The maximum Gasteiger partial charge on any atom is 0.238 e. The summed E-state index contributed by atoms with van der Waals surface area (Å²) in [6.45, 7) is 3.57. The fourth-order valence-corrected chi connectivity index (χ4v) is 9.33. The predicted molar refractivity (Wildman–Crippen MR) is 195 cm³/mol. The quantitative estimate of drug-likeness (QED) is 0.126. The average Bonchev–Trinajstić information content (AvgIpc) is 3.42. The number of allylic oxidation sites excluding steroid dienone is 4. The fourth-order valence-electron chi connectivity index (χ4n) is 9.33. The van der Waals surface area contributed by atoms with Gasteiger partial charge >= 0.3 is 0 Å². The second kappa shape index (κ2) is 12.7. The summed E-state index contributed by atoms with van der Waals surface area (Å²) in [5.41, 5.74) is 2.60. The Morgan fingerprint density at radius 3 is 2.23 bits per heavy atom. The molecule has 2 amide bonds. The van der Waals surface area contributed by atoms with Crippen LogP contribution in [0.1, 0.15) is 59.7 Å². The van der Waals surface area contributed by atoms with Crippen molar-refractivity contribution in [1.29, 1.82) is 0 Å². The summed E-state index contributed by atoms with van der Waals surface area (Å²) >= 11 is 0. The number of rotatable bonds is 7. The number of nitrogens with zero attached hydrogens (tertiary/aromatic N) is 1. The van der Waals surface area contributed by atoms with Crippen LogP contribution in [0.5, 0.6) is 11.5 Å². The Bertz CT molecular complexity index is 2200. The third kappa shape index (κ3) is 4.92. The minimum atomic E-state index is -1.39. The van der Waals surface area contributed by atoms with Crippen molar-refractivity contribution in [3.8, 4) is 11.5 Å². The molecule has 1 saturated heterocycles. The van der Waals surface area contributed by atoms with Gasteiger partial charge in [0.05, 0.1) is 29.5 Å². The van der Waals surface area contributed by atoms with Crippen LogP contribution in [0.3, 0.4) is 0 Å². The first kappa shape index (κ1) is 33.3. The molecule has 1 heterocycles. The Hall–Kier alpha value is -5.89. The molecule has 6 atom stereocenters. The van der Waals surface area contributed by atoms with Crippen LogP contribution in [0.15, 0.2) is 121 Å². The second-order valence-electron chi connectivity index (χ2n) is 14.1. The molecule has 0 spiro atoms. The summed E-state index contributed by atoms with van der Waals surface area (Å²) in [4.78, 5) is 72.1. The molecule has 2 fully saturated rings. The molecule has 4 aliphatic rings. The van der Waals surface area contributed by atoms with Crippen LogP contribution < -0.4 is 9.64 Å². The van der Waals surface area contributed by atoms with E-state index in [0.29, 0.717) is 40.1 Å². The Kier molecular flexibility index (Phi) is 8.13. The molecular formula is C44H37NO7. The highest BCUT2D eigenvalue weighted by Gasteiger charge is 2.66. The molecule has 52 heavy (non-hydrogen) atoms. The first-order valence-electron chi connectivity index (χ1n) is 17.7. The first-order chi connectivity index (χ1) is 25.2. The van der Waals surface area contributed by atoms with E-state index in [4.69, 9.17) is 4.74 Å². The number of anilines is 1. The van der Waals surface area contributed by atoms with E-state index in [1.54, 1.807) is 42.5 Å². The number of carbonyl (C=O) groups excluding carboxylic acids is 5. The van der Waals surface area contributed by atoms with Gasteiger partial charge in [-0.05, 0) is 91.8 Å². The van der Waals surface area contributed by atoms with Crippen LogP contribution in [0.25, 0.3) is 5.57 Å². The Morgan fingerprint density at radius 2 is 1.56 bits per heavy atom. The maximum atomic E-state index is 15.2. The van der Waals surface area contributed by atoms with Crippen LogP contribution in [-0.2, 0) is 24.6 Å². The second-order valence-corrected chi connectivity index (χ2v) is 14.1. The van der Waals surface area contributed by atoms with Crippen molar-refractivity contribution in [1.82, 2.24) is 0 Å².